The van der Waals surface area contributed by atoms with Gasteiger partial charge in [0.1, 0.15) is 5.82 Å². The van der Waals surface area contributed by atoms with Crippen molar-refractivity contribution in [3.05, 3.63) is 65.5 Å². The number of rotatable bonds is 5. The van der Waals surface area contributed by atoms with Crippen LogP contribution in [0.15, 0.2) is 48.5 Å². The standard InChI is InChI=1S/C20H25FN2O/c1-15(16-6-8-18(21)9-7-16)22-20-5-3-2-4-17(20)14-23-12-10-19(24)11-13-23/h2-9,15,19,22,24H,10-14H2,1H3/t15-/m0/s1. The number of benzene rings is 2. The Morgan fingerprint density at radius 3 is 2.50 bits per heavy atom. The zero-order valence-electron chi connectivity index (χ0n) is 14.1. The second kappa shape index (κ2) is 7.77. The summed E-state index contributed by atoms with van der Waals surface area (Å²) in [5, 5.41) is 13.2. The van der Waals surface area contributed by atoms with Gasteiger partial charge in [-0.05, 0) is 49.1 Å². The van der Waals surface area contributed by atoms with E-state index in [1.54, 1.807) is 0 Å². The fourth-order valence-electron chi connectivity index (χ4n) is 3.19. The Kier molecular flexibility index (Phi) is 5.48. The lowest BCUT2D eigenvalue weighted by Gasteiger charge is -2.30. The van der Waals surface area contributed by atoms with Crippen LogP contribution in [-0.4, -0.2) is 29.2 Å². The summed E-state index contributed by atoms with van der Waals surface area (Å²) in [5.74, 6) is -0.210. The van der Waals surface area contributed by atoms with Crippen molar-refractivity contribution in [1.29, 1.82) is 0 Å². The summed E-state index contributed by atoms with van der Waals surface area (Å²) in [4.78, 5) is 2.38. The van der Waals surface area contributed by atoms with Crippen molar-refractivity contribution in [3.63, 3.8) is 0 Å². The average molecular weight is 328 g/mol. The maximum Gasteiger partial charge on any atom is 0.123 e. The van der Waals surface area contributed by atoms with Gasteiger partial charge < -0.3 is 10.4 Å². The molecule has 1 aliphatic heterocycles. The zero-order chi connectivity index (χ0) is 16.9. The highest BCUT2D eigenvalue weighted by atomic mass is 19.1. The number of aliphatic hydroxyl groups is 1. The molecular weight excluding hydrogens is 303 g/mol. The van der Waals surface area contributed by atoms with Gasteiger partial charge in [-0.3, -0.25) is 4.90 Å². The van der Waals surface area contributed by atoms with E-state index >= 15 is 0 Å². The van der Waals surface area contributed by atoms with E-state index in [0.29, 0.717) is 0 Å². The van der Waals surface area contributed by atoms with Crippen molar-refractivity contribution < 1.29 is 9.50 Å². The molecule has 3 rings (SSSR count). The second-order valence-corrected chi connectivity index (χ2v) is 6.58. The Morgan fingerprint density at radius 2 is 1.79 bits per heavy atom. The minimum absolute atomic E-state index is 0.106. The molecule has 0 bridgehead atoms. The van der Waals surface area contributed by atoms with E-state index in [4.69, 9.17) is 0 Å². The first-order valence-corrected chi connectivity index (χ1v) is 8.62. The zero-order valence-corrected chi connectivity index (χ0v) is 14.1. The minimum Gasteiger partial charge on any atom is -0.393 e. The van der Waals surface area contributed by atoms with Gasteiger partial charge >= 0.3 is 0 Å². The van der Waals surface area contributed by atoms with Gasteiger partial charge in [0.25, 0.3) is 0 Å². The molecule has 0 saturated carbocycles. The van der Waals surface area contributed by atoms with Gasteiger partial charge in [-0.25, -0.2) is 4.39 Å². The first-order valence-electron chi connectivity index (χ1n) is 8.62. The smallest absolute Gasteiger partial charge is 0.123 e. The number of aliphatic hydroxyl groups excluding tert-OH is 1. The minimum atomic E-state index is -0.210. The summed E-state index contributed by atoms with van der Waals surface area (Å²) in [7, 11) is 0. The number of anilines is 1. The van der Waals surface area contributed by atoms with Gasteiger partial charge in [0.2, 0.25) is 0 Å². The van der Waals surface area contributed by atoms with Crippen molar-refractivity contribution in [2.24, 2.45) is 0 Å². The Morgan fingerprint density at radius 1 is 1.12 bits per heavy atom. The molecule has 0 aliphatic carbocycles. The molecule has 1 heterocycles. The number of nitrogens with one attached hydrogen (secondary N) is 1. The molecule has 0 unspecified atom stereocenters. The molecule has 4 heteroatoms. The first-order chi connectivity index (χ1) is 11.6. The van der Waals surface area contributed by atoms with Crippen LogP contribution in [-0.2, 0) is 6.54 Å². The Bertz CT molecular complexity index is 651. The van der Waals surface area contributed by atoms with E-state index in [2.05, 4.69) is 35.3 Å². The molecule has 3 nitrogen and oxygen atoms in total. The van der Waals surface area contributed by atoms with Gasteiger partial charge in [0, 0.05) is 31.4 Å². The van der Waals surface area contributed by atoms with Gasteiger partial charge in [-0.15, -0.1) is 0 Å². The lowest BCUT2D eigenvalue weighted by Crippen LogP contribution is -2.35. The molecule has 2 aromatic carbocycles. The first kappa shape index (κ1) is 16.9. The lowest BCUT2D eigenvalue weighted by atomic mass is 10.0. The van der Waals surface area contributed by atoms with Crippen LogP contribution in [0.1, 0.15) is 36.9 Å². The summed E-state index contributed by atoms with van der Waals surface area (Å²) in [6, 6.07) is 15.1. The molecule has 1 saturated heterocycles. The SMILES string of the molecule is C[C@H](Nc1ccccc1CN1CCC(O)CC1)c1ccc(F)cc1. The highest BCUT2D eigenvalue weighted by Gasteiger charge is 2.18. The van der Waals surface area contributed by atoms with Crippen molar-refractivity contribution in [1.82, 2.24) is 4.90 Å². The number of nitrogens with zero attached hydrogens (tertiary/aromatic N) is 1. The molecule has 1 fully saturated rings. The predicted molar refractivity (Wildman–Crippen MR) is 95.4 cm³/mol. The number of piperidine rings is 1. The van der Waals surface area contributed by atoms with Crippen molar-refractivity contribution in [2.45, 2.75) is 38.5 Å². The summed E-state index contributed by atoms with van der Waals surface area (Å²) >= 11 is 0. The van der Waals surface area contributed by atoms with Gasteiger partial charge in [0.05, 0.1) is 6.10 Å². The molecule has 2 N–H and O–H groups in total. The summed E-state index contributed by atoms with van der Waals surface area (Å²) < 4.78 is 13.1. The third-order valence-corrected chi connectivity index (χ3v) is 4.71. The maximum atomic E-state index is 13.1. The van der Waals surface area contributed by atoms with Gasteiger partial charge in [-0.1, -0.05) is 30.3 Å². The largest absolute Gasteiger partial charge is 0.393 e. The number of halogens is 1. The van der Waals surface area contributed by atoms with Crippen LogP contribution >= 0.6 is 0 Å². The average Bonchev–Trinajstić information content (AvgIpc) is 2.59. The summed E-state index contributed by atoms with van der Waals surface area (Å²) in [6.07, 6.45) is 1.55. The maximum absolute atomic E-state index is 13.1. The van der Waals surface area contributed by atoms with Crippen LogP contribution in [0.4, 0.5) is 10.1 Å². The molecule has 2 aromatic rings. The topological polar surface area (TPSA) is 35.5 Å². The third kappa shape index (κ3) is 4.34. The van der Waals surface area contributed by atoms with Crippen molar-refractivity contribution >= 4 is 5.69 Å². The van der Waals surface area contributed by atoms with Crippen molar-refractivity contribution in [2.75, 3.05) is 18.4 Å². The van der Waals surface area contributed by atoms with E-state index in [9.17, 15) is 9.50 Å². The molecule has 0 aromatic heterocycles. The predicted octanol–water partition coefficient (Wildman–Crippen LogP) is 3.96. The van der Waals surface area contributed by atoms with E-state index in [-0.39, 0.29) is 18.0 Å². The van der Waals surface area contributed by atoms with Gasteiger partial charge in [0.15, 0.2) is 0 Å². The summed E-state index contributed by atoms with van der Waals surface area (Å²) in [5.41, 5.74) is 3.43. The molecule has 1 aliphatic rings. The number of likely N-dealkylation sites (tertiary alicyclic amines) is 1. The van der Waals surface area contributed by atoms with Crippen LogP contribution in [0.3, 0.4) is 0 Å². The fourth-order valence-corrected chi connectivity index (χ4v) is 3.19. The Labute approximate surface area is 143 Å². The van der Waals surface area contributed by atoms with E-state index in [1.807, 2.05) is 18.2 Å². The fraction of sp³-hybridized carbons (Fsp3) is 0.400. The quantitative estimate of drug-likeness (QED) is 0.872. The lowest BCUT2D eigenvalue weighted by molar-refractivity contribution is 0.0793. The summed E-state index contributed by atoms with van der Waals surface area (Å²) in [6.45, 7) is 4.83. The van der Waals surface area contributed by atoms with E-state index in [0.717, 1.165) is 43.7 Å². The monoisotopic (exact) mass is 328 g/mol. The van der Waals surface area contributed by atoms with Crippen LogP contribution in [0.5, 0.6) is 0 Å². The highest BCUT2D eigenvalue weighted by molar-refractivity contribution is 5.52. The molecule has 0 amide bonds. The highest BCUT2D eigenvalue weighted by Crippen LogP contribution is 2.24. The normalized spacial score (nSPS) is 17.6. The van der Waals surface area contributed by atoms with Crippen molar-refractivity contribution in [3.8, 4) is 0 Å². The van der Waals surface area contributed by atoms with E-state index in [1.165, 1.54) is 17.7 Å². The Hall–Kier alpha value is -1.91. The molecule has 0 radical (unpaired) electrons. The molecule has 1 atom stereocenters. The van der Waals surface area contributed by atoms with Crippen LogP contribution < -0.4 is 5.32 Å². The van der Waals surface area contributed by atoms with Gasteiger partial charge in [-0.2, -0.15) is 0 Å². The third-order valence-electron chi connectivity index (χ3n) is 4.71. The number of hydrogen-bond acceptors (Lipinski definition) is 3. The molecular formula is C20H25FN2O. The molecule has 128 valence electrons. The van der Waals surface area contributed by atoms with Crippen LogP contribution in [0, 0.1) is 5.82 Å². The number of hydrogen-bond donors (Lipinski definition) is 2. The van der Waals surface area contributed by atoms with Crippen LogP contribution in [0.25, 0.3) is 0 Å². The van der Waals surface area contributed by atoms with E-state index < -0.39 is 0 Å². The molecule has 24 heavy (non-hydrogen) atoms. The van der Waals surface area contributed by atoms with Crippen LogP contribution in [0.2, 0.25) is 0 Å². The second-order valence-electron chi connectivity index (χ2n) is 6.58. The molecule has 0 spiro atoms. The Balaban J connectivity index is 1.68. The number of para-hydroxylation sites is 1.